The monoisotopic (exact) mass is 399 g/mol. The van der Waals surface area contributed by atoms with Crippen molar-refractivity contribution in [1.82, 2.24) is 20.3 Å². The Bertz CT molecular complexity index is 927. The van der Waals surface area contributed by atoms with Crippen LogP contribution in [0.15, 0.2) is 16.9 Å². The van der Waals surface area contributed by atoms with E-state index in [2.05, 4.69) is 15.6 Å². The minimum Gasteiger partial charge on any atom is -0.361 e. The Morgan fingerprint density at radius 3 is 2.55 bits per heavy atom. The van der Waals surface area contributed by atoms with Crippen molar-refractivity contribution in [3.05, 3.63) is 39.5 Å². The van der Waals surface area contributed by atoms with E-state index in [1.807, 2.05) is 0 Å². The second-order valence-corrected chi connectivity index (χ2v) is 9.32. The predicted molar refractivity (Wildman–Crippen MR) is 102 cm³/mol. The van der Waals surface area contributed by atoms with E-state index in [9.17, 15) is 14.9 Å². The average Bonchev–Trinajstić information content (AvgIpc) is 3.27. The van der Waals surface area contributed by atoms with Crippen LogP contribution in [0, 0.1) is 40.2 Å². The Morgan fingerprint density at radius 1 is 1.31 bits per heavy atom. The lowest BCUT2D eigenvalue weighted by molar-refractivity contribution is -0.385. The van der Waals surface area contributed by atoms with Crippen molar-refractivity contribution < 1.29 is 14.2 Å². The number of hydrogen-bond donors (Lipinski definition) is 1. The van der Waals surface area contributed by atoms with Crippen LogP contribution in [-0.4, -0.2) is 32.3 Å². The first-order valence-electron chi connectivity index (χ1n) is 10.3. The molecule has 1 amide bonds. The van der Waals surface area contributed by atoms with E-state index >= 15 is 0 Å². The quantitative estimate of drug-likeness (QED) is 0.589. The first-order chi connectivity index (χ1) is 13.9. The molecule has 4 aliphatic carbocycles. The van der Waals surface area contributed by atoms with Crippen LogP contribution in [-0.2, 0) is 6.54 Å². The zero-order valence-corrected chi connectivity index (χ0v) is 16.5. The van der Waals surface area contributed by atoms with Crippen LogP contribution < -0.4 is 5.32 Å². The maximum atomic E-state index is 12.9. The molecule has 0 spiro atoms. The smallest absolute Gasteiger partial charge is 0.307 e. The fourth-order valence-corrected chi connectivity index (χ4v) is 6.31. The number of aromatic nitrogens is 3. The highest BCUT2D eigenvalue weighted by molar-refractivity contribution is 5.93. The van der Waals surface area contributed by atoms with Gasteiger partial charge in [0.1, 0.15) is 18.2 Å². The van der Waals surface area contributed by atoms with E-state index in [1.54, 1.807) is 6.92 Å². The third kappa shape index (κ3) is 3.32. The molecule has 4 bridgehead atoms. The van der Waals surface area contributed by atoms with Crippen molar-refractivity contribution in [2.45, 2.75) is 52.0 Å². The number of carbonyl (C=O) groups excluding carboxylic acids is 1. The van der Waals surface area contributed by atoms with Gasteiger partial charge >= 0.3 is 5.69 Å². The highest BCUT2D eigenvalue weighted by Crippen LogP contribution is 2.59. The van der Waals surface area contributed by atoms with Crippen LogP contribution in [0.4, 0.5) is 5.69 Å². The Balaban J connectivity index is 1.29. The molecule has 2 heterocycles. The molecular formula is C20H25N5O4. The lowest BCUT2D eigenvalue weighted by Crippen LogP contribution is -2.51. The SMILES string of the molecule is Cc1onc(C(=O)NCC23CC4CC(CC(C4)C2)C3)c1Cn1cc([N+](=O)[O-])cn1. The van der Waals surface area contributed by atoms with Gasteiger partial charge in [0.25, 0.3) is 5.91 Å². The van der Waals surface area contributed by atoms with E-state index in [-0.39, 0.29) is 29.2 Å². The first kappa shape index (κ1) is 18.3. The Hall–Kier alpha value is -2.71. The largest absolute Gasteiger partial charge is 0.361 e. The third-order valence-corrected chi connectivity index (χ3v) is 7.14. The topological polar surface area (TPSA) is 116 Å². The minimum absolute atomic E-state index is 0.0908. The number of nitrogens with one attached hydrogen (secondary N) is 1. The van der Waals surface area contributed by atoms with E-state index in [0.29, 0.717) is 17.9 Å². The van der Waals surface area contributed by atoms with Gasteiger partial charge in [-0.15, -0.1) is 0 Å². The van der Waals surface area contributed by atoms with Crippen molar-refractivity contribution in [2.24, 2.45) is 23.2 Å². The molecule has 0 aliphatic heterocycles. The summed E-state index contributed by atoms with van der Waals surface area (Å²) in [6, 6.07) is 0. The summed E-state index contributed by atoms with van der Waals surface area (Å²) in [4.78, 5) is 23.3. The highest BCUT2D eigenvalue weighted by atomic mass is 16.6. The lowest BCUT2D eigenvalue weighted by atomic mass is 9.49. The van der Waals surface area contributed by atoms with Gasteiger partial charge in [0, 0.05) is 12.1 Å². The van der Waals surface area contributed by atoms with Gasteiger partial charge in [-0.25, -0.2) is 0 Å². The molecule has 6 rings (SSSR count). The van der Waals surface area contributed by atoms with E-state index < -0.39 is 4.92 Å². The predicted octanol–water partition coefficient (Wildman–Crippen LogP) is 3.08. The van der Waals surface area contributed by atoms with Gasteiger partial charge in [-0.05, 0) is 68.6 Å². The molecule has 2 aromatic heterocycles. The lowest BCUT2D eigenvalue weighted by Gasteiger charge is -2.56. The molecule has 29 heavy (non-hydrogen) atoms. The summed E-state index contributed by atoms with van der Waals surface area (Å²) in [7, 11) is 0. The molecule has 154 valence electrons. The normalized spacial score (nSPS) is 29.9. The van der Waals surface area contributed by atoms with Crippen molar-refractivity contribution in [3.8, 4) is 0 Å². The number of nitro groups is 1. The van der Waals surface area contributed by atoms with Gasteiger partial charge < -0.3 is 9.84 Å². The molecule has 4 aliphatic rings. The van der Waals surface area contributed by atoms with Gasteiger partial charge in [0.2, 0.25) is 0 Å². The molecule has 9 nitrogen and oxygen atoms in total. The molecule has 1 N–H and O–H groups in total. The molecular weight excluding hydrogens is 374 g/mol. The zero-order chi connectivity index (χ0) is 20.2. The van der Waals surface area contributed by atoms with Crippen molar-refractivity contribution in [1.29, 1.82) is 0 Å². The number of nitrogens with zero attached hydrogens (tertiary/aromatic N) is 4. The second kappa shape index (κ2) is 6.67. The van der Waals surface area contributed by atoms with Gasteiger partial charge in [-0.2, -0.15) is 5.10 Å². The molecule has 0 radical (unpaired) electrons. The summed E-state index contributed by atoms with van der Waals surface area (Å²) >= 11 is 0. The van der Waals surface area contributed by atoms with Gasteiger partial charge in [0.15, 0.2) is 5.69 Å². The maximum absolute atomic E-state index is 12.9. The summed E-state index contributed by atoms with van der Waals surface area (Å²) in [6.45, 7) is 2.62. The summed E-state index contributed by atoms with van der Waals surface area (Å²) in [5.41, 5.74) is 0.995. The van der Waals surface area contributed by atoms with E-state index in [0.717, 1.165) is 17.8 Å². The standard InChI is InChI=1S/C20H25N5O4/c1-12-17(10-24-9-16(8-22-24)25(27)28)18(23-29-12)19(26)21-11-20-5-13-2-14(6-20)4-15(3-13)7-20/h8-9,13-15H,2-7,10-11H2,1H3,(H,21,26). The van der Waals surface area contributed by atoms with Crippen LogP contribution in [0.2, 0.25) is 0 Å². The van der Waals surface area contributed by atoms with Crippen LogP contribution in [0.3, 0.4) is 0 Å². The molecule has 9 heteroatoms. The Morgan fingerprint density at radius 2 is 1.97 bits per heavy atom. The molecule has 0 unspecified atom stereocenters. The summed E-state index contributed by atoms with van der Waals surface area (Å²) in [5, 5.41) is 21.9. The maximum Gasteiger partial charge on any atom is 0.307 e. The second-order valence-electron chi connectivity index (χ2n) is 9.32. The van der Waals surface area contributed by atoms with Crippen molar-refractivity contribution in [2.75, 3.05) is 6.54 Å². The van der Waals surface area contributed by atoms with Gasteiger partial charge in [-0.1, -0.05) is 5.16 Å². The molecule has 0 saturated heterocycles. The summed E-state index contributed by atoms with van der Waals surface area (Å²) in [5.74, 6) is 2.77. The molecule has 2 aromatic rings. The average molecular weight is 399 g/mol. The van der Waals surface area contributed by atoms with Gasteiger partial charge in [0.05, 0.1) is 11.5 Å². The number of carbonyl (C=O) groups is 1. The fourth-order valence-electron chi connectivity index (χ4n) is 6.31. The summed E-state index contributed by atoms with van der Waals surface area (Å²) in [6.07, 6.45) is 10.3. The zero-order valence-electron chi connectivity index (χ0n) is 16.5. The number of rotatable bonds is 6. The number of aryl methyl sites for hydroxylation is 1. The molecule has 4 saturated carbocycles. The van der Waals surface area contributed by atoms with Crippen LogP contribution >= 0.6 is 0 Å². The number of amides is 1. The molecule has 4 fully saturated rings. The fraction of sp³-hybridized carbons (Fsp3) is 0.650. The van der Waals surface area contributed by atoms with E-state index in [1.165, 1.54) is 55.6 Å². The summed E-state index contributed by atoms with van der Waals surface area (Å²) < 4.78 is 6.68. The Kier molecular flexibility index (Phi) is 4.22. The van der Waals surface area contributed by atoms with Crippen molar-refractivity contribution in [3.63, 3.8) is 0 Å². The highest BCUT2D eigenvalue weighted by Gasteiger charge is 2.50. The first-order valence-corrected chi connectivity index (χ1v) is 10.3. The van der Waals surface area contributed by atoms with Crippen LogP contribution in [0.5, 0.6) is 0 Å². The van der Waals surface area contributed by atoms with Crippen molar-refractivity contribution >= 4 is 11.6 Å². The minimum atomic E-state index is -0.497. The Labute approximate surface area is 168 Å². The van der Waals surface area contributed by atoms with E-state index in [4.69, 9.17) is 4.52 Å². The number of hydrogen-bond acceptors (Lipinski definition) is 6. The van der Waals surface area contributed by atoms with Crippen LogP contribution in [0.25, 0.3) is 0 Å². The third-order valence-electron chi connectivity index (χ3n) is 7.14. The molecule has 0 atom stereocenters. The van der Waals surface area contributed by atoms with Gasteiger partial charge in [-0.3, -0.25) is 19.6 Å². The van der Waals surface area contributed by atoms with Crippen LogP contribution in [0.1, 0.15) is 60.3 Å². The molecule has 0 aromatic carbocycles.